The highest BCUT2D eigenvalue weighted by atomic mass is 19.1. The molecule has 146 valence electrons. The number of anilines is 1. The van der Waals surface area contributed by atoms with Crippen LogP contribution in [-0.4, -0.2) is 36.5 Å². The van der Waals surface area contributed by atoms with Gasteiger partial charge in [-0.25, -0.2) is 9.38 Å². The molecule has 0 aliphatic rings. The fourth-order valence-corrected chi connectivity index (χ4v) is 2.91. The quantitative estimate of drug-likeness (QED) is 0.375. The fourth-order valence-electron chi connectivity index (χ4n) is 2.91. The summed E-state index contributed by atoms with van der Waals surface area (Å²) in [6.07, 6.45) is 2.84. The highest BCUT2D eigenvalue weighted by Gasteiger charge is 2.06. The van der Waals surface area contributed by atoms with Gasteiger partial charge in [0, 0.05) is 35.9 Å². The summed E-state index contributed by atoms with van der Waals surface area (Å²) in [6.45, 7) is 3.27. The van der Waals surface area contributed by atoms with Crippen molar-refractivity contribution in [2.45, 2.75) is 13.3 Å². The number of nitrogens with zero attached hydrogens (tertiary/aromatic N) is 1. The highest BCUT2D eigenvalue weighted by Crippen LogP contribution is 2.17. The van der Waals surface area contributed by atoms with E-state index in [2.05, 4.69) is 38.1 Å². The molecule has 6 nitrogen and oxygen atoms in total. The molecule has 28 heavy (non-hydrogen) atoms. The Balaban J connectivity index is 1.52. The molecular weight excluding hydrogens is 357 g/mol. The number of amides is 1. The average molecular weight is 381 g/mol. The van der Waals surface area contributed by atoms with Crippen LogP contribution in [-0.2, 0) is 11.2 Å². The maximum Gasteiger partial charge on any atom is 0.246 e. The molecule has 0 saturated carbocycles. The minimum atomic E-state index is -0.395. The number of aromatic nitrogens is 1. The molecule has 3 aromatic rings. The molecule has 2 aromatic carbocycles. The molecule has 0 aliphatic heterocycles. The first kappa shape index (κ1) is 19.4. The van der Waals surface area contributed by atoms with E-state index in [4.69, 9.17) is 0 Å². The molecule has 0 atom stereocenters. The highest BCUT2D eigenvalue weighted by molar-refractivity contribution is 5.94. The fraction of sp³-hybridized carbons (Fsp3) is 0.238. The normalized spacial score (nSPS) is 11.4. The Bertz CT molecular complexity index is 966. The largest absolute Gasteiger partial charge is 0.361 e. The smallest absolute Gasteiger partial charge is 0.246 e. The molecule has 0 fully saturated rings. The summed E-state index contributed by atoms with van der Waals surface area (Å²) in [7, 11) is 0. The van der Waals surface area contributed by atoms with E-state index in [0.29, 0.717) is 24.7 Å². The second-order valence-electron chi connectivity index (χ2n) is 6.29. The lowest BCUT2D eigenvalue weighted by Crippen LogP contribution is -2.39. The molecule has 0 unspecified atom stereocenters. The van der Waals surface area contributed by atoms with Crippen LogP contribution in [0.3, 0.4) is 0 Å². The molecule has 1 aromatic heterocycles. The Morgan fingerprint density at radius 1 is 1.14 bits per heavy atom. The van der Waals surface area contributed by atoms with Crippen molar-refractivity contribution in [1.82, 2.24) is 15.6 Å². The third-order valence-corrected chi connectivity index (χ3v) is 4.20. The van der Waals surface area contributed by atoms with Crippen molar-refractivity contribution in [3.8, 4) is 0 Å². The van der Waals surface area contributed by atoms with Gasteiger partial charge in [0.25, 0.3) is 0 Å². The standard InChI is InChI=1S/C21H24FN5O/c1-2-23-21(26-14-20(28)27-17-7-5-6-16(22)12-17)24-11-10-15-13-25-19-9-4-3-8-18(15)19/h3-9,12-13,25H,2,10-11,14H2,1H3,(H,27,28)(H2,23,24,26). The summed E-state index contributed by atoms with van der Waals surface area (Å²) in [5.41, 5.74) is 2.76. The molecule has 1 amide bonds. The number of benzene rings is 2. The van der Waals surface area contributed by atoms with Gasteiger partial charge in [-0.1, -0.05) is 24.3 Å². The van der Waals surface area contributed by atoms with Gasteiger partial charge in [-0.2, -0.15) is 0 Å². The van der Waals surface area contributed by atoms with Gasteiger partial charge in [-0.15, -0.1) is 0 Å². The van der Waals surface area contributed by atoms with Crippen LogP contribution >= 0.6 is 0 Å². The number of fused-ring (bicyclic) bond motifs is 1. The summed E-state index contributed by atoms with van der Waals surface area (Å²) >= 11 is 0. The number of rotatable bonds is 7. The number of carbonyl (C=O) groups excluding carboxylic acids is 1. The van der Waals surface area contributed by atoms with E-state index < -0.39 is 5.82 Å². The molecule has 1 heterocycles. The lowest BCUT2D eigenvalue weighted by Gasteiger charge is -2.11. The van der Waals surface area contributed by atoms with Crippen LogP contribution in [0.4, 0.5) is 10.1 Å². The minimum absolute atomic E-state index is 0.0566. The molecule has 0 bridgehead atoms. The Morgan fingerprint density at radius 2 is 2.00 bits per heavy atom. The molecule has 0 aliphatic carbocycles. The van der Waals surface area contributed by atoms with Crippen molar-refractivity contribution in [2.24, 2.45) is 4.99 Å². The van der Waals surface area contributed by atoms with Crippen LogP contribution in [0.25, 0.3) is 10.9 Å². The van der Waals surface area contributed by atoms with Crippen LogP contribution in [0.1, 0.15) is 12.5 Å². The zero-order valence-electron chi connectivity index (χ0n) is 15.8. The molecule has 0 saturated heterocycles. The maximum atomic E-state index is 13.2. The van der Waals surface area contributed by atoms with Crippen molar-refractivity contribution in [1.29, 1.82) is 0 Å². The monoisotopic (exact) mass is 381 g/mol. The van der Waals surface area contributed by atoms with Crippen molar-refractivity contribution in [3.63, 3.8) is 0 Å². The van der Waals surface area contributed by atoms with Gasteiger partial charge >= 0.3 is 0 Å². The first-order valence-corrected chi connectivity index (χ1v) is 9.28. The van der Waals surface area contributed by atoms with Gasteiger partial charge in [-0.05, 0) is 43.2 Å². The number of halogens is 1. The van der Waals surface area contributed by atoms with E-state index >= 15 is 0 Å². The van der Waals surface area contributed by atoms with Crippen LogP contribution in [0.5, 0.6) is 0 Å². The minimum Gasteiger partial charge on any atom is -0.361 e. The van der Waals surface area contributed by atoms with E-state index in [0.717, 1.165) is 11.9 Å². The molecule has 0 radical (unpaired) electrons. The Labute approximate surface area is 163 Å². The number of hydrogen-bond acceptors (Lipinski definition) is 2. The Morgan fingerprint density at radius 3 is 2.82 bits per heavy atom. The average Bonchev–Trinajstić information content (AvgIpc) is 3.09. The molecule has 4 N–H and O–H groups in total. The summed E-state index contributed by atoms with van der Waals surface area (Å²) in [6, 6.07) is 14.0. The van der Waals surface area contributed by atoms with Gasteiger partial charge in [-0.3, -0.25) is 4.79 Å². The van der Waals surface area contributed by atoms with Crippen molar-refractivity contribution in [3.05, 3.63) is 66.1 Å². The predicted molar refractivity (Wildman–Crippen MR) is 111 cm³/mol. The number of aliphatic imine (C=N–C) groups is 1. The van der Waals surface area contributed by atoms with Gasteiger partial charge in [0.1, 0.15) is 12.4 Å². The number of para-hydroxylation sites is 1. The molecular formula is C21H24FN5O. The zero-order chi connectivity index (χ0) is 19.8. The maximum absolute atomic E-state index is 13.2. The number of H-pyrrole nitrogens is 1. The number of aromatic amines is 1. The third-order valence-electron chi connectivity index (χ3n) is 4.20. The summed E-state index contributed by atoms with van der Waals surface area (Å²) in [5.74, 6) is -0.134. The Hall–Kier alpha value is -3.35. The number of nitrogens with one attached hydrogen (secondary N) is 4. The summed E-state index contributed by atoms with van der Waals surface area (Å²) in [4.78, 5) is 19.6. The van der Waals surface area contributed by atoms with Crippen molar-refractivity contribution in [2.75, 3.05) is 25.0 Å². The summed E-state index contributed by atoms with van der Waals surface area (Å²) < 4.78 is 13.2. The SMILES string of the molecule is CCNC(=NCC(=O)Nc1cccc(F)c1)NCCc1c[nH]c2ccccc12. The lowest BCUT2D eigenvalue weighted by atomic mass is 10.1. The van der Waals surface area contributed by atoms with Gasteiger partial charge in [0.05, 0.1) is 0 Å². The van der Waals surface area contributed by atoms with E-state index in [1.807, 2.05) is 25.3 Å². The van der Waals surface area contributed by atoms with Crippen molar-refractivity contribution < 1.29 is 9.18 Å². The van der Waals surface area contributed by atoms with E-state index in [-0.39, 0.29) is 12.5 Å². The summed E-state index contributed by atoms with van der Waals surface area (Å²) in [5, 5.41) is 10.2. The van der Waals surface area contributed by atoms with Gasteiger partial charge < -0.3 is 20.9 Å². The zero-order valence-corrected chi connectivity index (χ0v) is 15.8. The van der Waals surface area contributed by atoms with Crippen LogP contribution in [0, 0.1) is 5.82 Å². The Kier molecular flexibility index (Phi) is 6.62. The van der Waals surface area contributed by atoms with Crippen LogP contribution in [0.2, 0.25) is 0 Å². The molecule has 3 rings (SSSR count). The van der Waals surface area contributed by atoms with Crippen molar-refractivity contribution >= 4 is 28.5 Å². The first-order chi connectivity index (χ1) is 13.7. The predicted octanol–water partition coefficient (Wildman–Crippen LogP) is 3.04. The van der Waals surface area contributed by atoms with E-state index in [9.17, 15) is 9.18 Å². The van der Waals surface area contributed by atoms with Crippen LogP contribution < -0.4 is 16.0 Å². The van der Waals surface area contributed by atoms with Crippen LogP contribution in [0.15, 0.2) is 59.7 Å². The second-order valence-corrected chi connectivity index (χ2v) is 6.29. The topological polar surface area (TPSA) is 81.3 Å². The van der Waals surface area contributed by atoms with E-state index in [1.165, 1.54) is 23.1 Å². The molecule has 0 spiro atoms. The second kappa shape index (κ2) is 9.55. The van der Waals surface area contributed by atoms with E-state index in [1.54, 1.807) is 12.1 Å². The number of carbonyl (C=O) groups is 1. The third kappa shape index (κ3) is 5.33. The lowest BCUT2D eigenvalue weighted by molar-refractivity contribution is -0.114. The number of guanidine groups is 1. The number of hydrogen-bond donors (Lipinski definition) is 4. The van der Waals surface area contributed by atoms with Gasteiger partial charge in [0.15, 0.2) is 5.96 Å². The first-order valence-electron chi connectivity index (χ1n) is 9.28. The molecule has 7 heteroatoms. The van der Waals surface area contributed by atoms with Gasteiger partial charge in [0.2, 0.25) is 5.91 Å².